The normalized spacial score (nSPS) is 17.8. The summed E-state index contributed by atoms with van der Waals surface area (Å²) < 4.78 is 22.8. The van der Waals surface area contributed by atoms with Crippen LogP contribution in [-0.2, 0) is 10.8 Å². The topological polar surface area (TPSA) is 36.9 Å². The molecular weight excluding hydrogens is 448 g/mol. The number of rotatable bonds is 7. The molecule has 0 aliphatic heterocycles. The van der Waals surface area contributed by atoms with Crippen molar-refractivity contribution in [2.45, 2.75) is 38.0 Å². The molecule has 0 saturated heterocycles. The molecule has 36 heavy (non-hydrogen) atoms. The largest absolute Gasteiger partial charge is 0.497 e. The molecule has 0 fully saturated rings. The van der Waals surface area contributed by atoms with E-state index in [0.717, 1.165) is 40.9 Å². The van der Waals surface area contributed by atoms with Gasteiger partial charge in [-0.15, -0.1) is 0 Å². The van der Waals surface area contributed by atoms with Crippen LogP contribution in [0.4, 0.5) is 0 Å². The van der Waals surface area contributed by atoms with Crippen molar-refractivity contribution < 1.29 is 18.9 Å². The van der Waals surface area contributed by atoms with Crippen molar-refractivity contribution in [1.82, 2.24) is 0 Å². The Bertz CT molecular complexity index is 1340. The molecule has 0 N–H and O–H groups in total. The Balaban J connectivity index is 1.42. The third-order valence-corrected chi connectivity index (χ3v) is 7.19. The molecule has 1 aliphatic carbocycles. The maximum atomic E-state index is 6.22. The Labute approximate surface area is 213 Å². The summed E-state index contributed by atoms with van der Waals surface area (Å²) in [6.07, 6.45) is 1.01. The zero-order valence-electron chi connectivity index (χ0n) is 21.5. The predicted octanol–water partition coefficient (Wildman–Crippen LogP) is 8.28. The highest BCUT2D eigenvalue weighted by molar-refractivity contribution is 5.55. The van der Waals surface area contributed by atoms with Gasteiger partial charge in [-0.05, 0) is 101 Å². The molecule has 1 unspecified atom stereocenters. The molecule has 4 aromatic rings. The van der Waals surface area contributed by atoms with Crippen LogP contribution in [0.15, 0.2) is 91.0 Å². The lowest BCUT2D eigenvalue weighted by molar-refractivity contribution is 0.412. The molecular formula is C32H32O4. The molecule has 0 aromatic heterocycles. The number of ether oxygens (including phenoxy) is 4. The highest BCUT2D eigenvalue weighted by Crippen LogP contribution is 2.53. The molecule has 0 amide bonds. The van der Waals surface area contributed by atoms with E-state index >= 15 is 0 Å². The summed E-state index contributed by atoms with van der Waals surface area (Å²) in [6, 6.07) is 30.2. The van der Waals surface area contributed by atoms with Gasteiger partial charge >= 0.3 is 0 Å². The van der Waals surface area contributed by atoms with Gasteiger partial charge in [-0.1, -0.05) is 39.0 Å². The highest BCUT2D eigenvalue weighted by atomic mass is 16.5. The summed E-state index contributed by atoms with van der Waals surface area (Å²) in [4.78, 5) is 0. The first-order chi connectivity index (χ1) is 17.3. The lowest BCUT2D eigenvalue weighted by atomic mass is 9.75. The van der Waals surface area contributed by atoms with Crippen LogP contribution in [0.25, 0.3) is 0 Å². The Kier molecular flexibility index (Phi) is 6.13. The van der Waals surface area contributed by atoms with Gasteiger partial charge in [-0.25, -0.2) is 0 Å². The fourth-order valence-electron chi connectivity index (χ4n) is 5.42. The van der Waals surface area contributed by atoms with E-state index in [1.807, 2.05) is 60.7 Å². The number of hydrogen-bond donors (Lipinski definition) is 0. The van der Waals surface area contributed by atoms with Crippen LogP contribution in [0.2, 0.25) is 0 Å². The van der Waals surface area contributed by atoms with Crippen LogP contribution in [0, 0.1) is 0 Å². The smallest absolute Gasteiger partial charge is 0.127 e. The molecule has 184 valence electrons. The molecule has 0 heterocycles. The van der Waals surface area contributed by atoms with Gasteiger partial charge in [0.2, 0.25) is 0 Å². The van der Waals surface area contributed by atoms with Crippen molar-refractivity contribution in [3.05, 3.63) is 108 Å². The number of fused-ring (bicyclic) bond motifs is 1. The van der Waals surface area contributed by atoms with Gasteiger partial charge in [0.1, 0.15) is 34.5 Å². The van der Waals surface area contributed by atoms with Gasteiger partial charge in [0, 0.05) is 5.41 Å². The van der Waals surface area contributed by atoms with Crippen LogP contribution in [0.3, 0.4) is 0 Å². The number of benzene rings is 4. The van der Waals surface area contributed by atoms with Crippen molar-refractivity contribution in [1.29, 1.82) is 0 Å². The summed E-state index contributed by atoms with van der Waals surface area (Å²) in [5, 5.41) is 0. The molecule has 5 rings (SSSR count). The first-order valence-electron chi connectivity index (χ1n) is 12.2. The van der Waals surface area contributed by atoms with E-state index in [1.54, 1.807) is 14.2 Å². The summed E-state index contributed by atoms with van der Waals surface area (Å²) in [6.45, 7) is 6.97. The van der Waals surface area contributed by atoms with Crippen molar-refractivity contribution in [3.8, 4) is 34.5 Å². The van der Waals surface area contributed by atoms with Gasteiger partial charge in [-0.3, -0.25) is 0 Å². The van der Waals surface area contributed by atoms with Crippen LogP contribution in [0.5, 0.6) is 34.5 Å². The summed E-state index contributed by atoms with van der Waals surface area (Å²) in [5.74, 6) is 4.83. The summed E-state index contributed by atoms with van der Waals surface area (Å²) in [7, 11) is 3.32. The molecule has 0 spiro atoms. The standard InChI is InChI=1S/C32H32O4/c1-31(2)21-32(3,22-6-8-25(9-7-22)35-26-14-10-23(33-4)11-15-26)30-20-28(18-19-29(30)31)36-27-16-12-24(34-5)13-17-27/h6-20H,21H2,1-5H3. The number of hydrogen-bond acceptors (Lipinski definition) is 4. The lowest BCUT2D eigenvalue weighted by Gasteiger charge is -2.28. The van der Waals surface area contributed by atoms with Crippen LogP contribution >= 0.6 is 0 Å². The van der Waals surface area contributed by atoms with Crippen LogP contribution in [0.1, 0.15) is 43.9 Å². The first-order valence-corrected chi connectivity index (χ1v) is 12.2. The van der Waals surface area contributed by atoms with Gasteiger partial charge in [-0.2, -0.15) is 0 Å². The van der Waals surface area contributed by atoms with Crippen molar-refractivity contribution in [3.63, 3.8) is 0 Å². The van der Waals surface area contributed by atoms with Gasteiger partial charge < -0.3 is 18.9 Å². The molecule has 0 bridgehead atoms. The zero-order valence-corrected chi connectivity index (χ0v) is 21.5. The molecule has 4 heteroatoms. The van der Waals surface area contributed by atoms with E-state index in [9.17, 15) is 0 Å². The maximum Gasteiger partial charge on any atom is 0.127 e. The van der Waals surface area contributed by atoms with E-state index in [0.29, 0.717) is 0 Å². The Morgan fingerprint density at radius 3 is 1.42 bits per heavy atom. The Morgan fingerprint density at radius 1 is 0.500 bits per heavy atom. The van der Waals surface area contributed by atoms with Gasteiger partial charge in [0.05, 0.1) is 14.2 Å². The average Bonchev–Trinajstić information content (AvgIpc) is 3.10. The Morgan fingerprint density at radius 2 is 0.917 bits per heavy atom. The first kappa shape index (κ1) is 23.8. The minimum absolute atomic E-state index is 0.0565. The Hall–Kier alpha value is -3.92. The second-order valence-corrected chi connectivity index (χ2v) is 10.2. The fraction of sp³-hybridized carbons (Fsp3) is 0.250. The van der Waals surface area contributed by atoms with Crippen molar-refractivity contribution in [2.75, 3.05) is 14.2 Å². The van der Waals surface area contributed by atoms with E-state index in [-0.39, 0.29) is 10.8 Å². The maximum absolute atomic E-state index is 6.22. The van der Waals surface area contributed by atoms with Gasteiger partial charge in [0.15, 0.2) is 0 Å². The second kappa shape index (κ2) is 9.27. The summed E-state index contributed by atoms with van der Waals surface area (Å²) >= 11 is 0. The minimum atomic E-state index is -0.142. The third kappa shape index (κ3) is 4.51. The summed E-state index contributed by atoms with van der Waals surface area (Å²) in [5.41, 5.74) is 3.85. The van der Waals surface area contributed by atoms with Crippen molar-refractivity contribution >= 4 is 0 Å². The highest BCUT2D eigenvalue weighted by Gasteiger charge is 2.45. The van der Waals surface area contributed by atoms with Crippen LogP contribution in [-0.4, -0.2) is 14.2 Å². The molecule has 1 aliphatic rings. The van der Waals surface area contributed by atoms with Gasteiger partial charge in [0.25, 0.3) is 0 Å². The molecule has 0 saturated carbocycles. The monoisotopic (exact) mass is 480 g/mol. The molecule has 1 atom stereocenters. The van der Waals surface area contributed by atoms with E-state index < -0.39 is 0 Å². The fourth-order valence-corrected chi connectivity index (χ4v) is 5.42. The zero-order chi connectivity index (χ0) is 25.3. The molecule has 4 nitrogen and oxygen atoms in total. The minimum Gasteiger partial charge on any atom is -0.497 e. The molecule has 4 aromatic carbocycles. The number of methoxy groups -OCH3 is 2. The average molecular weight is 481 g/mol. The lowest BCUT2D eigenvalue weighted by Crippen LogP contribution is -2.23. The molecule has 0 radical (unpaired) electrons. The quantitative estimate of drug-likeness (QED) is 0.267. The van der Waals surface area contributed by atoms with Crippen molar-refractivity contribution in [2.24, 2.45) is 0 Å². The SMILES string of the molecule is COc1ccc(Oc2ccc(C3(C)CC(C)(C)c4ccc(Oc5ccc(OC)cc5)cc43)cc2)cc1. The second-order valence-electron chi connectivity index (χ2n) is 10.2. The van der Waals surface area contributed by atoms with E-state index in [1.165, 1.54) is 16.7 Å². The van der Waals surface area contributed by atoms with E-state index in [4.69, 9.17) is 18.9 Å². The van der Waals surface area contributed by atoms with Crippen LogP contribution < -0.4 is 18.9 Å². The third-order valence-electron chi connectivity index (χ3n) is 7.19. The van der Waals surface area contributed by atoms with E-state index in [2.05, 4.69) is 51.1 Å². The predicted molar refractivity (Wildman–Crippen MR) is 143 cm³/mol.